The molecule has 0 saturated carbocycles. The number of hydrogen-bond donors (Lipinski definition) is 1. The van der Waals surface area contributed by atoms with E-state index < -0.39 is 5.82 Å². The second-order valence-electron chi connectivity index (χ2n) is 6.71. The largest absolute Gasteiger partial charge is 0.380 e. The smallest absolute Gasteiger partial charge is 0.143 e. The average Bonchev–Trinajstić information content (AvgIpc) is 2.63. The maximum absolute atomic E-state index is 13.7. The van der Waals surface area contributed by atoms with Gasteiger partial charge in [-0.2, -0.15) is 5.26 Å². The number of rotatable bonds is 5. The third-order valence-corrected chi connectivity index (χ3v) is 5.03. The Kier molecular flexibility index (Phi) is 5.67. The zero-order chi connectivity index (χ0) is 17.6. The van der Waals surface area contributed by atoms with Gasteiger partial charge in [-0.05, 0) is 49.6 Å². The summed E-state index contributed by atoms with van der Waals surface area (Å²) in [6.45, 7) is 4.96. The quantitative estimate of drug-likeness (QED) is 0.861. The molecule has 130 valence electrons. The lowest BCUT2D eigenvalue weighted by Crippen LogP contribution is -2.37. The molecule has 2 aromatic rings. The van der Waals surface area contributed by atoms with Crippen LogP contribution in [0.15, 0.2) is 42.5 Å². The molecule has 1 aliphatic rings. The highest BCUT2D eigenvalue weighted by molar-refractivity contribution is 5.58. The summed E-state index contributed by atoms with van der Waals surface area (Å²) in [6.07, 6.45) is 3.84. The summed E-state index contributed by atoms with van der Waals surface area (Å²) in [5.74, 6) is -0.483. The SMILES string of the molecule is C[C@H]1CCCCN1Cc1ccccc1CNc1cccc(F)c1C#N. The van der Waals surface area contributed by atoms with Gasteiger partial charge in [0, 0.05) is 19.1 Å². The molecule has 1 atom stereocenters. The van der Waals surface area contributed by atoms with Crippen molar-refractivity contribution in [1.29, 1.82) is 5.26 Å². The van der Waals surface area contributed by atoms with Gasteiger partial charge in [-0.1, -0.05) is 36.8 Å². The molecule has 3 nitrogen and oxygen atoms in total. The first-order chi connectivity index (χ1) is 12.2. The minimum absolute atomic E-state index is 0.0737. The zero-order valence-corrected chi connectivity index (χ0v) is 14.6. The van der Waals surface area contributed by atoms with E-state index >= 15 is 0 Å². The van der Waals surface area contributed by atoms with Crippen molar-refractivity contribution in [2.45, 2.75) is 45.3 Å². The van der Waals surface area contributed by atoms with Crippen molar-refractivity contribution in [3.8, 4) is 6.07 Å². The summed E-state index contributed by atoms with van der Waals surface area (Å²) >= 11 is 0. The molecule has 1 fully saturated rings. The molecule has 0 bridgehead atoms. The summed E-state index contributed by atoms with van der Waals surface area (Å²) in [6, 6.07) is 15.6. The monoisotopic (exact) mass is 337 g/mol. The molecule has 0 spiro atoms. The predicted octanol–water partition coefficient (Wildman–Crippen LogP) is 4.68. The van der Waals surface area contributed by atoms with Crippen molar-refractivity contribution in [3.05, 3.63) is 65.0 Å². The lowest BCUT2D eigenvalue weighted by Gasteiger charge is -2.33. The van der Waals surface area contributed by atoms with Gasteiger partial charge in [0.05, 0.1) is 5.69 Å². The van der Waals surface area contributed by atoms with Gasteiger partial charge >= 0.3 is 0 Å². The molecule has 4 heteroatoms. The van der Waals surface area contributed by atoms with E-state index in [1.807, 2.05) is 12.1 Å². The molecule has 0 amide bonds. The van der Waals surface area contributed by atoms with Gasteiger partial charge in [0.1, 0.15) is 17.4 Å². The Balaban J connectivity index is 1.73. The minimum atomic E-state index is -0.483. The molecule has 1 heterocycles. The van der Waals surface area contributed by atoms with Crippen LogP contribution in [0.5, 0.6) is 0 Å². The average molecular weight is 337 g/mol. The Morgan fingerprint density at radius 3 is 2.72 bits per heavy atom. The highest BCUT2D eigenvalue weighted by atomic mass is 19.1. The maximum Gasteiger partial charge on any atom is 0.143 e. The number of hydrogen-bond acceptors (Lipinski definition) is 3. The van der Waals surface area contributed by atoms with Crippen LogP contribution in [0, 0.1) is 17.1 Å². The topological polar surface area (TPSA) is 39.1 Å². The Labute approximate surface area is 149 Å². The molecule has 0 radical (unpaired) electrons. The number of nitriles is 1. The van der Waals surface area contributed by atoms with Gasteiger partial charge in [0.15, 0.2) is 0 Å². The number of halogens is 1. The molecule has 25 heavy (non-hydrogen) atoms. The van der Waals surface area contributed by atoms with Crippen LogP contribution in [0.2, 0.25) is 0 Å². The summed E-state index contributed by atoms with van der Waals surface area (Å²) in [7, 11) is 0. The number of benzene rings is 2. The molecular weight excluding hydrogens is 313 g/mol. The van der Waals surface area contributed by atoms with E-state index in [-0.39, 0.29) is 5.56 Å². The van der Waals surface area contributed by atoms with Crippen LogP contribution in [-0.4, -0.2) is 17.5 Å². The van der Waals surface area contributed by atoms with Crippen LogP contribution in [0.1, 0.15) is 42.9 Å². The Morgan fingerprint density at radius 2 is 1.96 bits per heavy atom. The molecule has 1 aliphatic heterocycles. The van der Waals surface area contributed by atoms with Crippen molar-refractivity contribution in [2.75, 3.05) is 11.9 Å². The van der Waals surface area contributed by atoms with E-state index in [4.69, 9.17) is 5.26 Å². The number of anilines is 1. The van der Waals surface area contributed by atoms with Crippen LogP contribution in [0.3, 0.4) is 0 Å². The predicted molar refractivity (Wildman–Crippen MR) is 98.6 cm³/mol. The van der Waals surface area contributed by atoms with Crippen molar-refractivity contribution in [3.63, 3.8) is 0 Å². The van der Waals surface area contributed by atoms with Crippen LogP contribution in [0.25, 0.3) is 0 Å². The van der Waals surface area contributed by atoms with Gasteiger partial charge in [-0.15, -0.1) is 0 Å². The third kappa shape index (κ3) is 4.18. The van der Waals surface area contributed by atoms with Gasteiger partial charge in [-0.3, -0.25) is 4.90 Å². The van der Waals surface area contributed by atoms with Crippen molar-refractivity contribution in [2.24, 2.45) is 0 Å². The highest BCUT2D eigenvalue weighted by Gasteiger charge is 2.19. The Bertz CT molecular complexity index is 766. The van der Waals surface area contributed by atoms with Crippen LogP contribution in [-0.2, 0) is 13.1 Å². The molecule has 2 aromatic carbocycles. The van der Waals surface area contributed by atoms with E-state index in [1.165, 1.54) is 36.5 Å². The van der Waals surface area contributed by atoms with E-state index in [1.54, 1.807) is 12.1 Å². The van der Waals surface area contributed by atoms with Crippen molar-refractivity contribution in [1.82, 2.24) is 4.90 Å². The summed E-state index contributed by atoms with van der Waals surface area (Å²) in [4.78, 5) is 2.53. The summed E-state index contributed by atoms with van der Waals surface area (Å²) < 4.78 is 13.7. The van der Waals surface area contributed by atoms with Crippen molar-refractivity contribution < 1.29 is 4.39 Å². The van der Waals surface area contributed by atoms with E-state index in [0.29, 0.717) is 18.3 Å². The molecule has 0 aromatic heterocycles. The first-order valence-corrected chi connectivity index (χ1v) is 8.92. The lowest BCUT2D eigenvalue weighted by molar-refractivity contribution is 0.152. The fourth-order valence-electron chi connectivity index (χ4n) is 3.47. The molecule has 3 rings (SSSR count). The zero-order valence-electron chi connectivity index (χ0n) is 14.6. The van der Waals surface area contributed by atoms with Crippen LogP contribution < -0.4 is 5.32 Å². The molecule has 1 saturated heterocycles. The molecule has 0 aliphatic carbocycles. The van der Waals surface area contributed by atoms with Gasteiger partial charge < -0.3 is 5.32 Å². The van der Waals surface area contributed by atoms with E-state index in [2.05, 4.69) is 35.3 Å². The van der Waals surface area contributed by atoms with Crippen molar-refractivity contribution >= 4 is 5.69 Å². The fraction of sp³-hybridized carbons (Fsp3) is 0.381. The van der Waals surface area contributed by atoms with Gasteiger partial charge in [-0.25, -0.2) is 4.39 Å². The first-order valence-electron chi connectivity index (χ1n) is 8.92. The Morgan fingerprint density at radius 1 is 1.16 bits per heavy atom. The van der Waals surface area contributed by atoms with Crippen LogP contribution >= 0.6 is 0 Å². The second-order valence-corrected chi connectivity index (χ2v) is 6.71. The Hall–Kier alpha value is -2.38. The summed E-state index contributed by atoms with van der Waals surface area (Å²) in [5, 5.41) is 12.4. The number of piperidine rings is 1. The van der Waals surface area contributed by atoms with Crippen LogP contribution in [0.4, 0.5) is 10.1 Å². The maximum atomic E-state index is 13.7. The molecule has 0 unspecified atom stereocenters. The minimum Gasteiger partial charge on any atom is -0.380 e. The third-order valence-electron chi connectivity index (χ3n) is 5.03. The first kappa shape index (κ1) is 17.4. The fourth-order valence-corrected chi connectivity index (χ4v) is 3.47. The van der Waals surface area contributed by atoms with Gasteiger partial charge in [0.2, 0.25) is 0 Å². The number of nitrogens with zero attached hydrogens (tertiary/aromatic N) is 2. The van der Waals surface area contributed by atoms with E-state index in [9.17, 15) is 4.39 Å². The second kappa shape index (κ2) is 8.13. The molecular formula is C21H24FN3. The highest BCUT2D eigenvalue weighted by Crippen LogP contribution is 2.23. The number of likely N-dealkylation sites (tertiary alicyclic amines) is 1. The normalized spacial score (nSPS) is 17.9. The lowest BCUT2D eigenvalue weighted by atomic mass is 10.0. The number of nitrogens with one attached hydrogen (secondary N) is 1. The van der Waals surface area contributed by atoms with E-state index in [0.717, 1.165) is 13.1 Å². The van der Waals surface area contributed by atoms with Gasteiger partial charge in [0.25, 0.3) is 0 Å². The summed E-state index contributed by atoms with van der Waals surface area (Å²) in [5.41, 5.74) is 3.10. The molecule has 1 N–H and O–H groups in total. The standard InChI is InChI=1S/C21H24FN3/c1-16-7-4-5-12-25(16)15-18-9-3-2-8-17(18)14-24-21-11-6-10-20(22)19(21)13-23/h2-3,6,8-11,16,24H,4-5,7,12,14-15H2,1H3/t16-/m0/s1.